The molecule has 0 spiro atoms. The Balaban J connectivity index is 1.96. The van der Waals surface area contributed by atoms with Crippen LogP contribution in [0.5, 0.6) is 0 Å². The van der Waals surface area contributed by atoms with E-state index in [1.54, 1.807) is 0 Å². The summed E-state index contributed by atoms with van der Waals surface area (Å²) < 4.78 is 5.54. The van der Waals surface area contributed by atoms with Gasteiger partial charge in [-0.25, -0.2) is 4.79 Å². The van der Waals surface area contributed by atoms with Gasteiger partial charge in [-0.2, -0.15) is 0 Å². The number of aliphatic carboxylic acids is 1. The lowest BCUT2D eigenvalue weighted by molar-refractivity contribution is -0.191. The van der Waals surface area contributed by atoms with Crippen molar-refractivity contribution in [3.05, 3.63) is 35.9 Å². The molecule has 1 fully saturated rings. The number of likely N-dealkylation sites (tertiary alicyclic amines) is 1. The predicted molar refractivity (Wildman–Crippen MR) is 59.1 cm³/mol. The van der Waals surface area contributed by atoms with E-state index in [2.05, 4.69) is 0 Å². The van der Waals surface area contributed by atoms with Crippen LogP contribution in [0.25, 0.3) is 0 Å². The van der Waals surface area contributed by atoms with Crippen molar-refractivity contribution in [1.82, 2.24) is 4.90 Å². The summed E-state index contributed by atoms with van der Waals surface area (Å²) in [7, 11) is 1.88. The van der Waals surface area contributed by atoms with Crippen molar-refractivity contribution >= 4 is 5.97 Å². The Kier molecular flexibility index (Phi) is 2.94. The highest BCUT2D eigenvalue weighted by Crippen LogP contribution is 2.25. The Hall–Kier alpha value is -1.39. The second-order valence-corrected chi connectivity index (χ2v) is 4.25. The van der Waals surface area contributed by atoms with Crippen LogP contribution >= 0.6 is 0 Å². The largest absolute Gasteiger partial charge is 0.479 e. The van der Waals surface area contributed by atoms with E-state index in [4.69, 9.17) is 9.84 Å². The van der Waals surface area contributed by atoms with Crippen LogP contribution < -0.4 is 0 Å². The normalized spacial score (nSPS) is 19.1. The first-order valence-electron chi connectivity index (χ1n) is 5.22. The number of rotatable bonds is 4. The summed E-state index contributed by atoms with van der Waals surface area (Å²) in [6, 6.07) is 9.61. The highest BCUT2D eigenvalue weighted by Gasteiger charge is 2.49. The van der Waals surface area contributed by atoms with Crippen LogP contribution in [0.4, 0.5) is 0 Å². The molecule has 16 heavy (non-hydrogen) atoms. The van der Waals surface area contributed by atoms with Crippen molar-refractivity contribution in [2.75, 3.05) is 20.1 Å². The number of carboxylic acids is 1. The zero-order valence-electron chi connectivity index (χ0n) is 9.22. The van der Waals surface area contributed by atoms with Crippen molar-refractivity contribution < 1.29 is 14.6 Å². The Labute approximate surface area is 94.4 Å². The minimum atomic E-state index is -1.01. The molecule has 1 aliphatic heterocycles. The highest BCUT2D eigenvalue weighted by molar-refractivity contribution is 5.79. The fraction of sp³-hybridized carbons (Fsp3) is 0.417. The minimum absolute atomic E-state index is 0.348. The SMILES string of the molecule is CN1CC(OCc2ccccc2)(C(=O)O)C1. The molecular formula is C12H15NO3. The smallest absolute Gasteiger partial charge is 0.338 e. The first-order chi connectivity index (χ1) is 7.62. The van der Waals surface area contributed by atoms with Gasteiger partial charge in [0.25, 0.3) is 0 Å². The van der Waals surface area contributed by atoms with Gasteiger partial charge in [0, 0.05) is 13.1 Å². The third-order valence-electron chi connectivity index (χ3n) is 2.80. The first-order valence-corrected chi connectivity index (χ1v) is 5.22. The molecule has 0 amide bonds. The lowest BCUT2D eigenvalue weighted by atomic mass is 9.95. The van der Waals surface area contributed by atoms with Crippen molar-refractivity contribution in [2.45, 2.75) is 12.2 Å². The Morgan fingerprint density at radius 1 is 1.44 bits per heavy atom. The van der Waals surface area contributed by atoms with Crippen LogP contribution in [0, 0.1) is 0 Å². The lowest BCUT2D eigenvalue weighted by Crippen LogP contribution is -2.66. The predicted octanol–water partition coefficient (Wildman–Crippen LogP) is 0.972. The average Bonchev–Trinajstić information content (AvgIpc) is 2.23. The molecule has 0 atom stereocenters. The number of carbonyl (C=O) groups is 1. The molecule has 1 heterocycles. The Bertz CT molecular complexity index is 371. The molecule has 4 nitrogen and oxygen atoms in total. The van der Waals surface area contributed by atoms with Crippen LogP contribution in [0.1, 0.15) is 5.56 Å². The van der Waals surface area contributed by atoms with Gasteiger partial charge in [-0.15, -0.1) is 0 Å². The first kappa shape index (κ1) is 11.1. The average molecular weight is 221 g/mol. The number of carboxylic acid groups (broad SMARTS) is 1. The maximum Gasteiger partial charge on any atom is 0.338 e. The number of benzene rings is 1. The maximum absolute atomic E-state index is 11.1. The third-order valence-corrected chi connectivity index (χ3v) is 2.80. The molecule has 1 aliphatic rings. The van der Waals surface area contributed by atoms with Gasteiger partial charge < -0.3 is 9.84 Å². The van der Waals surface area contributed by atoms with Crippen molar-refractivity contribution in [1.29, 1.82) is 0 Å². The summed E-state index contributed by atoms with van der Waals surface area (Å²) in [6.45, 7) is 1.26. The zero-order valence-corrected chi connectivity index (χ0v) is 9.22. The molecule has 0 unspecified atom stereocenters. The van der Waals surface area contributed by atoms with E-state index in [9.17, 15) is 4.79 Å². The summed E-state index contributed by atoms with van der Waals surface area (Å²) >= 11 is 0. The van der Waals surface area contributed by atoms with Crippen LogP contribution in [-0.4, -0.2) is 41.7 Å². The zero-order chi connectivity index (χ0) is 11.6. The monoisotopic (exact) mass is 221 g/mol. The van der Waals surface area contributed by atoms with Gasteiger partial charge in [-0.3, -0.25) is 4.90 Å². The van der Waals surface area contributed by atoms with E-state index in [0.29, 0.717) is 19.7 Å². The quantitative estimate of drug-likeness (QED) is 0.823. The van der Waals surface area contributed by atoms with Gasteiger partial charge in [0.15, 0.2) is 5.60 Å². The van der Waals surface area contributed by atoms with Gasteiger partial charge in [0.05, 0.1) is 6.61 Å². The number of likely N-dealkylation sites (N-methyl/N-ethyl adjacent to an activating group) is 1. The molecular weight excluding hydrogens is 206 g/mol. The molecule has 2 rings (SSSR count). The van der Waals surface area contributed by atoms with E-state index in [1.165, 1.54) is 0 Å². The molecule has 1 saturated heterocycles. The van der Waals surface area contributed by atoms with Gasteiger partial charge >= 0.3 is 5.97 Å². The molecule has 1 aromatic rings. The van der Waals surface area contributed by atoms with E-state index >= 15 is 0 Å². The molecule has 4 heteroatoms. The van der Waals surface area contributed by atoms with Crippen LogP contribution in [0.2, 0.25) is 0 Å². The maximum atomic E-state index is 11.1. The Morgan fingerprint density at radius 2 is 2.06 bits per heavy atom. The van der Waals surface area contributed by atoms with Gasteiger partial charge in [-0.05, 0) is 12.6 Å². The van der Waals surface area contributed by atoms with E-state index in [-0.39, 0.29) is 0 Å². The third kappa shape index (κ3) is 2.08. The van der Waals surface area contributed by atoms with Crippen molar-refractivity contribution in [3.63, 3.8) is 0 Å². The fourth-order valence-corrected chi connectivity index (χ4v) is 1.91. The van der Waals surface area contributed by atoms with E-state index in [0.717, 1.165) is 5.56 Å². The molecule has 0 radical (unpaired) electrons. The van der Waals surface area contributed by atoms with Crippen LogP contribution in [0.3, 0.4) is 0 Å². The summed E-state index contributed by atoms with van der Waals surface area (Å²) in [4.78, 5) is 13.0. The highest BCUT2D eigenvalue weighted by atomic mass is 16.5. The van der Waals surface area contributed by atoms with Gasteiger partial charge in [-0.1, -0.05) is 30.3 Å². The number of hydrogen-bond acceptors (Lipinski definition) is 3. The summed E-state index contributed by atoms with van der Waals surface area (Å²) in [5.74, 6) is -0.874. The molecule has 0 aromatic heterocycles. The standard InChI is InChI=1S/C12H15NO3/c1-13-8-12(9-13,11(14)15)16-7-10-5-3-2-4-6-10/h2-6H,7-9H2,1H3,(H,14,15). The fourth-order valence-electron chi connectivity index (χ4n) is 1.91. The lowest BCUT2D eigenvalue weighted by Gasteiger charge is -2.44. The van der Waals surface area contributed by atoms with Crippen molar-refractivity contribution in [3.8, 4) is 0 Å². The molecule has 1 aromatic carbocycles. The molecule has 0 bridgehead atoms. The topological polar surface area (TPSA) is 49.8 Å². The van der Waals surface area contributed by atoms with Gasteiger partial charge in [0.2, 0.25) is 0 Å². The number of hydrogen-bond donors (Lipinski definition) is 1. The summed E-state index contributed by atoms with van der Waals surface area (Å²) in [5.41, 5.74) is -0.0115. The molecule has 1 N–H and O–H groups in total. The second kappa shape index (κ2) is 4.23. The number of nitrogens with zero attached hydrogens (tertiary/aromatic N) is 1. The second-order valence-electron chi connectivity index (χ2n) is 4.25. The molecule has 0 aliphatic carbocycles. The molecule has 86 valence electrons. The minimum Gasteiger partial charge on any atom is -0.479 e. The molecule has 0 saturated carbocycles. The van der Waals surface area contributed by atoms with E-state index < -0.39 is 11.6 Å². The Morgan fingerprint density at radius 3 is 2.56 bits per heavy atom. The summed E-state index contributed by atoms with van der Waals surface area (Å²) in [6.07, 6.45) is 0. The van der Waals surface area contributed by atoms with Gasteiger partial charge in [0.1, 0.15) is 0 Å². The van der Waals surface area contributed by atoms with Crippen LogP contribution in [0.15, 0.2) is 30.3 Å². The summed E-state index contributed by atoms with van der Waals surface area (Å²) in [5, 5.41) is 9.13. The van der Waals surface area contributed by atoms with Crippen LogP contribution in [-0.2, 0) is 16.1 Å². The van der Waals surface area contributed by atoms with Crippen molar-refractivity contribution in [2.24, 2.45) is 0 Å². The van der Waals surface area contributed by atoms with E-state index in [1.807, 2.05) is 42.3 Å². The number of ether oxygens (including phenoxy) is 1.